The van der Waals surface area contributed by atoms with Crippen molar-refractivity contribution in [3.8, 4) is 0 Å². The van der Waals surface area contributed by atoms with Gasteiger partial charge in [-0.3, -0.25) is 9.59 Å². The number of benzene rings is 1. The molecule has 0 aliphatic carbocycles. The second-order valence-electron chi connectivity index (χ2n) is 5.55. The zero-order chi connectivity index (χ0) is 17.8. The van der Waals surface area contributed by atoms with Crippen LogP contribution < -0.4 is 10.6 Å². The summed E-state index contributed by atoms with van der Waals surface area (Å²) in [7, 11) is 0. The first-order valence-electron chi connectivity index (χ1n) is 7.04. The van der Waals surface area contributed by atoms with Crippen molar-refractivity contribution in [1.29, 1.82) is 0 Å². The second kappa shape index (κ2) is 7.45. The summed E-state index contributed by atoms with van der Waals surface area (Å²) < 4.78 is 39.6. The van der Waals surface area contributed by atoms with Gasteiger partial charge in [0.15, 0.2) is 11.6 Å². The lowest BCUT2D eigenvalue weighted by molar-refractivity contribution is -0.137. The van der Waals surface area contributed by atoms with Gasteiger partial charge in [-0.25, -0.2) is 13.2 Å². The largest absolute Gasteiger partial charge is 0.388 e. The molecule has 1 rings (SSSR count). The van der Waals surface area contributed by atoms with Gasteiger partial charge in [-0.1, -0.05) is 20.3 Å². The Balaban J connectivity index is 2.71. The minimum atomic E-state index is -1.34. The second-order valence-corrected chi connectivity index (χ2v) is 5.55. The van der Waals surface area contributed by atoms with Crippen molar-refractivity contribution in [2.24, 2.45) is 5.92 Å². The molecule has 2 amide bonds. The molecule has 0 aromatic heterocycles. The van der Waals surface area contributed by atoms with Crippen LogP contribution in [0.3, 0.4) is 0 Å². The number of carbonyl (C=O) groups excluding carboxylic acids is 2. The fraction of sp³-hybridized carbons (Fsp3) is 0.467. The molecule has 3 N–H and O–H groups in total. The molecule has 0 saturated carbocycles. The third-order valence-corrected chi connectivity index (χ3v) is 3.73. The van der Waals surface area contributed by atoms with Crippen LogP contribution in [0.4, 0.5) is 18.9 Å². The van der Waals surface area contributed by atoms with Gasteiger partial charge in [0.2, 0.25) is 0 Å². The predicted molar refractivity (Wildman–Crippen MR) is 78.0 cm³/mol. The number of carbonyl (C=O) groups is 2. The van der Waals surface area contributed by atoms with Gasteiger partial charge in [0.05, 0.1) is 5.60 Å². The summed E-state index contributed by atoms with van der Waals surface area (Å²) in [5.74, 6) is -6.46. The van der Waals surface area contributed by atoms with Crippen molar-refractivity contribution in [2.75, 3.05) is 11.9 Å². The predicted octanol–water partition coefficient (Wildman–Crippen LogP) is 1.96. The molecule has 8 heteroatoms. The highest BCUT2D eigenvalue weighted by Crippen LogP contribution is 2.20. The molecule has 0 radical (unpaired) electrons. The van der Waals surface area contributed by atoms with Crippen LogP contribution >= 0.6 is 0 Å². The first-order chi connectivity index (χ1) is 10.6. The molecule has 2 atom stereocenters. The molecule has 1 aromatic carbocycles. The van der Waals surface area contributed by atoms with E-state index in [0.717, 1.165) is 0 Å². The number of halogens is 3. The van der Waals surface area contributed by atoms with Crippen molar-refractivity contribution in [2.45, 2.75) is 32.8 Å². The quantitative estimate of drug-likeness (QED) is 0.721. The molecular weight excluding hydrogens is 313 g/mol. The summed E-state index contributed by atoms with van der Waals surface area (Å²) in [5, 5.41) is 14.0. The summed E-state index contributed by atoms with van der Waals surface area (Å²) in [5.41, 5.74) is -2.16. The molecule has 0 bridgehead atoms. The van der Waals surface area contributed by atoms with Gasteiger partial charge in [-0.15, -0.1) is 0 Å². The SMILES string of the molecule is CCC(C)C(C)(O)CNC(=O)C(=O)Nc1c(F)cc(F)cc1F. The van der Waals surface area contributed by atoms with Crippen LogP contribution in [-0.2, 0) is 9.59 Å². The number of aliphatic hydroxyl groups is 1. The molecule has 0 saturated heterocycles. The Morgan fingerprint density at radius 3 is 2.22 bits per heavy atom. The molecule has 5 nitrogen and oxygen atoms in total. The van der Waals surface area contributed by atoms with Gasteiger partial charge >= 0.3 is 11.8 Å². The molecule has 23 heavy (non-hydrogen) atoms. The van der Waals surface area contributed by atoms with Crippen LogP contribution in [0.25, 0.3) is 0 Å². The fourth-order valence-corrected chi connectivity index (χ4v) is 1.79. The van der Waals surface area contributed by atoms with E-state index in [1.165, 1.54) is 6.92 Å². The van der Waals surface area contributed by atoms with Gasteiger partial charge in [0, 0.05) is 18.7 Å². The number of anilines is 1. The summed E-state index contributed by atoms with van der Waals surface area (Å²) in [6.07, 6.45) is 0.654. The van der Waals surface area contributed by atoms with Gasteiger partial charge < -0.3 is 15.7 Å². The number of amides is 2. The fourth-order valence-electron chi connectivity index (χ4n) is 1.79. The molecule has 0 heterocycles. The van der Waals surface area contributed by atoms with E-state index >= 15 is 0 Å². The summed E-state index contributed by atoms with van der Waals surface area (Å²) in [4.78, 5) is 23.3. The summed E-state index contributed by atoms with van der Waals surface area (Å²) >= 11 is 0. The lowest BCUT2D eigenvalue weighted by atomic mass is 9.89. The highest BCUT2D eigenvalue weighted by atomic mass is 19.1. The van der Waals surface area contributed by atoms with Gasteiger partial charge in [0.25, 0.3) is 0 Å². The third kappa shape index (κ3) is 4.95. The van der Waals surface area contributed by atoms with Crippen molar-refractivity contribution < 1.29 is 27.9 Å². The molecule has 0 aliphatic rings. The molecule has 1 aromatic rings. The lowest BCUT2D eigenvalue weighted by Crippen LogP contribution is -2.47. The zero-order valence-electron chi connectivity index (χ0n) is 13.0. The monoisotopic (exact) mass is 332 g/mol. The minimum Gasteiger partial charge on any atom is -0.388 e. The third-order valence-electron chi connectivity index (χ3n) is 3.73. The first-order valence-corrected chi connectivity index (χ1v) is 7.04. The molecule has 2 unspecified atom stereocenters. The van der Waals surface area contributed by atoms with Gasteiger partial charge in [-0.2, -0.15) is 0 Å². The molecule has 0 aliphatic heterocycles. The van der Waals surface area contributed by atoms with Crippen LogP contribution in [-0.4, -0.2) is 29.1 Å². The maximum absolute atomic E-state index is 13.4. The minimum absolute atomic E-state index is 0.141. The van der Waals surface area contributed by atoms with Crippen molar-refractivity contribution in [3.63, 3.8) is 0 Å². The standard InChI is InChI=1S/C15H19F3N2O3/c1-4-8(2)15(3,23)7-19-13(21)14(22)20-12-10(17)5-9(16)6-11(12)18/h5-6,8,23H,4,7H2,1-3H3,(H,19,21)(H,20,22). The molecule has 0 fully saturated rings. The number of nitrogens with one attached hydrogen (secondary N) is 2. The van der Waals surface area contributed by atoms with Crippen molar-refractivity contribution in [1.82, 2.24) is 5.32 Å². The first kappa shape index (κ1) is 19.0. The van der Waals surface area contributed by atoms with E-state index in [2.05, 4.69) is 5.32 Å². The topological polar surface area (TPSA) is 78.4 Å². The van der Waals surface area contributed by atoms with Crippen LogP contribution in [0.2, 0.25) is 0 Å². The normalized spacial score (nSPS) is 14.7. The Labute approximate surface area is 131 Å². The van der Waals surface area contributed by atoms with Gasteiger partial charge in [0.1, 0.15) is 11.5 Å². The number of hydrogen-bond acceptors (Lipinski definition) is 3. The van der Waals surface area contributed by atoms with Crippen LogP contribution in [0.15, 0.2) is 12.1 Å². The highest BCUT2D eigenvalue weighted by Gasteiger charge is 2.29. The Kier molecular flexibility index (Phi) is 6.14. The van der Waals surface area contributed by atoms with E-state index < -0.39 is 40.6 Å². The molecule has 0 spiro atoms. The Hall–Kier alpha value is -2.09. The van der Waals surface area contributed by atoms with E-state index in [1.54, 1.807) is 12.2 Å². The Morgan fingerprint density at radius 1 is 1.22 bits per heavy atom. The van der Waals surface area contributed by atoms with Gasteiger partial charge in [-0.05, 0) is 12.8 Å². The van der Waals surface area contributed by atoms with E-state index in [0.29, 0.717) is 18.6 Å². The summed E-state index contributed by atoms with van der Waals surface area (Å²) in [6.45, 7) is 4.92. The maximum Gasteiger partial charge on any atom is 0.313 e. The smallest absolute Gasteiger partial charge is 0.313 e. The summed E-state index contributed by atoms with van der Waals surface area (Å²) in [6, 6.07) is 0.759. The average molecular weight is 332 g/mol. The molecular formula is C15H19F3N2O3. The van der Waals surface area contributed by atoms with Crippen molar-refractivity contribution in [3.05, 3.63) is 29.6 Å². The molecule has 128 valence electrons. The highest BCUT2D eigenvalue weighted by molar-refractivity contribution is 6.39. The lowest BCUT2D eigenvalue weighted by Gasteiger charge is -2.29. The Morgan fingerprint density at radius 2 is 1.74 bits per heavy atom. The van der Waals surface area contributed by atoms with Crippen LogP contribution in [0.1, 0.15) is 27.2 Å². The number of hydrogen-bond donors (Lipinski definition) is 3. The van der Waals surface area contributed by atoms with E-state index in [9.17, 15) is 27.9 Å². The van der Waals surface area contributed by atoms with E-state index in [-0.39, 0.29) is 12.5 Å². The van der Waals surface area contributed by atoms with Crippen LogP contribution in [0.5, 0.6) is 0 Å². The number of rotatable bonds is 5. The van der Waals surface area contributed by atoms with Crippen LogP contribution in [0, 0.1) is 23.4 Å². The van der Waals surface area contributed by atoms with E-state index in [1.807, 2.05) is 6.92 Å². The Bertz CT molecular complexity index is 583. The maximum atomic E-state index is 13.4. The zero-order valence-corrected chi connectivity index (χ0v) is 13.0. The average Bonchev–Trinajstić information content (AvgIpc) is 2.47. The van der Waals surface area contributed by atoms with Crippen molar-refractivity contribution >= 4 is 17.5 Å². The van der Waals surface area contributed by atoms with E-state index in [4.69, 9.17) is 0 Å².